The van der Waals surface area contributed by atoms with E-state index in [9.17, 15) is 18.7 Å². The van der Waals surface area contributed by atoms with Crippen LogP contribution in [-0.2, 0) is 0 Å². The number of aliphatic hydroxyl groups excluding tert-OH is 1. The van der Waals surface area contributed by atoms with Crippen molar-refractivity contribution in [2.24, 2.45) is 0 Å². The number of aliphatic hydroxyl groups is 1. The molecule has 0 saturated heterocycles. The van der Waals surface area contributed by atoms with E-state index in [2.05, 4.69) is 20.7 Å². The summed E-state index contributed by atoms with van der Waals surface area (Å²) in [4.78, 5) is 21.9. The zero-order chi connectivity index (χ0) is 22.9. The van der Waals surface area contributed by atoms with Crippen LogP contribution in [0.15, 0.2) is 36.8 Å². The lowest BCUT2D eigenvalue weighted by molar-refractivity contribution is 0.0448. The molecule has 2 aliphatic rings. The first-order valence-corrected chi connectivity index (χ1v) is 10.8. The maximum atomic E-state index is 13.9. The fraction of sp³-hybridized carbons (Fsp3) is 0.364. The molecule has 11 heteroatoms. The van der Waals surface area contributed by atoms with Crippen molar-refractivity contribution in [2.45, 2.75) is 43.4 Å². The average Bonchev–Trinajstić information content (AvgIpc) is 3.16. The number of pyridine rings is 1. The van der Waals surface area contributed by atoms with Gasteiger partial charge in [0, 0.05) is 42.9 Å². The Labute approximate surface area is 186 Å². The minimum absolute atomic E-state index is 0.221. The topological polar surface area (TPSA) is 109 Å². The molecule has 0 aliphatic heterocycles. The number of fused-ring (bicyclic) bond motifs is 2. The molecule has 1 amide bonds. The smallest absolute Gasteiger partial charge is 0.270 e. The summed E-state index contributed by atoms with van der Waals surface area (Å²) < 4.78 is 30.8. The van der Waals surface area contributed by atoms with Crippen LogP contribution in [0.2, 0.25) is 0 Å². The van der Waals surface area contributed by atoms with Gasteiger partial charge in [-0.15, -0.1) is 0 Å². The van der Waals surface area contributed by atoms with Crippen molar-refractivity contribution in [1.29, 1.82) is 0 Å². The first-order chi connectivity index (χ1) is 15.9. The minimum atomic E-state index is -2.75. The number of alkyl halides is 2. The number of hydrogen-bond donors (Lipinski definition) is 3. The molecule has 9 nitrogen and oxygen atoms in total. The van der Waals surface area contributed by atoms with Crippen LogP contribution in [0.25, 0.3) is 27.9 Å². The Morgan fingerprint density at radius 2 is 2.12 bits per heavy atom. The lowest BCUT2D eigenvalue weighted by atomic mass is 9.89. The zero-order valence-electron chi connectivity index (χ0n) is 17.7. The highest BCUT2D eigenvalue weighted by molar-refractivity contribution is 6.01. The predicted molar refractivity (Wildman–Crippen MR) is 116 cm³/mol. The maximum absolute atomic E-state index is 13.9. The maximum Gasteiger partial charge on any atom is 0.270 e. The molecule has 0 bridgehead atoms. The van der Waals surface area contributed by atoms with E-state index in [0.29, 0.717) is 46.6 Å². The van der Waals surface area contributed by atoms with Gasteiger partial charge in [0.15, 0.2) is 5.65 Å². The Bertz CT molecular complexity index is 1410. The van der Waals surface area contributed by atoms with Crippen molar-refractivity contribution in [3.63, 3.8) is 0 Å². The Morgan fingerprint density at radius 1 is 1.30 bits per heavy atom. The summed E-state index contributed by atoms with van der Waals surface area (Å²) in [5.74, 6) is -2.54. The molecule has 2 fully saturated rings. The molecule has 170 valence electrons. The standard InChI is InChI=1S/C22H21F2N7O2/c1-25-18-7-15(13-10-30(17-8-22(17,23)24)19-11(13)3-2-6-26-19)28-20-12(9-27-31(18)20)21(33)29-14-4-5-16(14)32/h2-3,6-7,9-10,14,16-17,25,32H,4-5,8H2,1H3,(H,29,33)/t14-,16+,17-/m1/s1. The van der Waals surface area contributed by atoms with Crippen molar-refractivity contribution in [3.8, 4) is 11.3 Å². The van der Waals surface area contributed by atoms with Crippen molar-refractivity contribution < 1.29 is 18.7 Å². The van der Waals surface area contributed by atoms with Crippen LogP contribution < -0.4 is 10.6 Å². The van der Waals surface area contributed by atoms with Crippen LogP contribution >= 0.6 is 0 Å². The van der Waals surface area contributed by atoms with Gasteiger partial charge in [0.1, 0.15) is 23.1 Å². The highest BCUT2D eigenvalue weighted by atomic mass is 19.3. The molecule has 3 N–H and O–H groups in total. The summed E-state index contributed by atoms with van der Waals surface area (Å²) in [5, 5.41) is 20.7. The lowest BCUT2D eigenvalue weighted by Crippen LogP contribution is -2.50. The largest absolute Gasteiger partial charge is 0.391 e. The summed E-state index contributed by atoms with van der Waals surface area (Å²) >= 11 is 0. The van der Waals surface area contributed by atoms with E-state index in [1.807, 2.05) is 6.07 Å². The quantitative estimate of drug-likeness (QED) is 0.429. The second-order valence-corrected chi connectivity index (χ2v) is 8.60. The van der Waals surface area contributed by atoms with Gasteiger partial charge in [-0.3, -0.25) is 4.79 Å². The van der Waals surface area contributed by atoms with Crippen LogP contribution in [0.1, 0.15) is 35.7 Å². The van der Waals surface area contributed by atoms with E-state index in [-0.39, 0.29) is 23.9 Å². The summed E-state index contributed by atoms with van der Waals surface area (Å²) in [6.45, 7) is 0. The first-order valence-electron chi connectivity index (χ1n) is 10.8. The number of carbonyl (C=O) groups is 1. The first kappa shape index (κ1) is 20.0. The highest BCUT2D eigenvalue weighted by Gasteiger charge is 2.58. The van der Waals surface area contributed by atoms with Crippen molar-refractivity contribution in [1.82, 2.24) is 29.5 Å². The number of nitrogens with zero attached hydrogens (tertiary/aromatic N) is 5. The third-order valence-corrected chi connectivity index (χ3v) is 6.52. The lowest BCUT2D eigenvalue weighted by Gasteiger charge is -2.32. The van der Waals surface area contributed by atoms with Crippen LogP contribution in [0.3, 0.4) is 0 Å². The number of rotatable bonds is 5. The highest BCUT2D eigenvalue weighted by Crippen LogP contribution is 2.54. The minimum Gasteiger partial charge on any atom is -0.391 e. The van der Waals surface area contributed by atoms with Gasteiger partial charge in [0.25, 0.3) is 11.8 Å². The average molecular weight is 453 g/mol. The molecule has 4 aromatic heterocycles. The number of carbonyl (C=O) groups excluding carboxylic acids is 1. The normalized spacial score (nSPS) is 23.5. The molecule has 2 saturated carbocycles. The van der Waals surface area contributed by atoms with Crippen LogP contribution in [0.4, 0.5) is 14.6 Å². The van der Waals surface area contributed by atoms with Gasteiger partial charge >= 0.3 is 0 Å². The number of anilines is 1. The molecule has 0 unspecified atom stereocenters. The van der Waals surface area contributed by atoms with E-state index >= 15 is 0 Å². The number of aromatic nitrogens is 5. The molecule has 3 atom stereocenters. The molecule has 0 spiro atoms. The third-order valence-electron chi connectivity index (χ3n) is 6.52. The van der Waals surface area contributed by atoms with Gasteiger partial charge in [-0.2, -0.15) is 9.61 Å². The fourth-order valence-corrected chi connectivity index (χ4v) is 4.36. The molecule has 6 rings (SSSR count). The van der Waals surface area contributed by atoms with E-state index in [0.717, 1.165) is 0 Å². The van der Waals surface area contributed by atoms with Gasteiger partial charge in [-0.05, 0) is 25.0 Å². The Hall–Kier alpha value is -3.60. The summed E-state index contributed by atoms with van der Waals surface area (Å²) in [5.41, 5.74) is 2.20. The molecule has 2 aliphatic carbocycles. The van der Waals surface area contributed by atoms with Crippen LogP contribution in [0.5, 0.6) is 0 Å². The van der Waals surface area contributed by atoms with E-state index in [4.69, 9.17) is 4.98 Å². The molecule has 33 heavy (non-hydrogen) atoms. The van der Waals surface area contributed by atoms with E-state index in [1.54, 1.807) is 31.6 Å². The Balaban J connectivity index is 1.48. The molecular weight excluding hydrogens is 432 g/mol. The number of nitrogens with one attached hydrogen (secondary N) is 2. The van der Waals surface area contributed by atoms with Gasteiger partial charge in [0.05, 0.1) is 24.0 Å². The number of halogens is 2. The number of hydrogen-bond acceptors (Lipinski definition) is 6. The zero-order valence-corrected chi connectivity index (χ0v) is 17.7. The SMILES string of the molecule is CNc1cc(-c2cn([C@@H]3CC3(F)F)c3ncccc23)nc2c(C(=O)N[C@@H]3CC[C@@H]3O)cnn12. The van der Waals surface area contributed by atoms with Gasteiger partial charge in [-0.1, -0.05) is 0 Å². The molecule has 0 aromatic carbocycles. The van der Waals surface area contributed by atoms with Gasteiger partial charge in [-0.25, -0.2) is 18.7 Å². The molecule has 4 heterocycles. The summed E-state index contributed by atoms with van der Waals surface area (Å²) in [6, 6.07) is 4.11. The third kappa shape index (κ3) is 3.06. The number of amides is 1. The van der Waals surface area contributed by atoms with Crippen LogP contribution in [0, 0.1) is 0 Å². The Kier molecular flexibility index (Phi) is 4.22. The van der Waals surface area contributed by atoms with Crippen molar-refractivity contribution >= 4 is 28.4 Å². The van der Waals surface area contributed by atoms with Crippen molar-refractivity contribution in [3.05, 3.63) is 42.4 Å². The molecule has 0 radical (unpaired) electrons. The monoisotopic (exact) mass is 453 g/mol. The van der Waals surface area contributed by atoms with E-state index in [1.165, 1.54) is 15.3 Å². The predicted octanol–water partition coefficient (Wildman–Crippen LogP) is 2.62. The second-order valence-electron chi connectivity index (χ2n) is 8.60. The summed E-state index contributed by atoms with van der Waals surface area (Å²) in [6.07, 6.45) is 5.26. The van der Waals surface area contributed by atoms with Crippen LogP contribution in [-0.4, -0.2) is 60.3 Å². The van der Waals surface area contributed by atoms with E-state index < -0.39 is 18.1 Å². The Morgan fingerprint density at radius 3 is 2.79 bits per heavy atom. The fourth-order valence-electron chi connectivity index (χ4n) is 4.36. The van der Waals surface area contributed by atoms with Gasteiger partial charge < -0.3 is 20.3 Å². The van der Waals surface area contributed by atoms with Gasteiger partial charge in [0.2, 0.25) is 0 Å². The summed E-state index contributed by atoms with van der Waals surface area (Å²) in [7, 11) is 1.72. The molecule has 4 aromatic rings. The molecular formula is C22H21F2N7O2. The van der Waals surface area contributed by atoms with Crippen molar-refractivity contribution in [2.75, 3.05) is 12.4 Å². The second kappa shape index (κ2) is 6.95.